The third-order valence-corrected chi connectivity index (χ3v) is 3.03. The average molecular weight is 244 g/mol. The molecule has 0 unspecified atom stereocenters. The second kappa shape index (κ2) is 6.54. The molecule has 0 heterocycles. The van der Waals surface area contributed by atoms with Gasteiger partial charge in [0.25, 0.3) is 0 Å². The van der Waals surface area contributed by atoms with Gasteiger partial charge in [-0.25, -0.2) is 0 Å². The molecule has 1 rings (SSSR count). The summed E-state index contributed by atoms with van der Waals surface area (Å²) < 4.78 is 0. The molecule has 0 atom stereocenters. The van der Waals surface area contributed by atoms with E-state index in [0.29, 0.717) is 0 Å². The molecule has 0 spiro atoms. The van der Waals surface area contributed by atoms with E-state index in [1.54, 1.807) is 0 Å². The van der Waals surface area contributed by atoms with E-state index in [2.05, 4.69) is 31.4 Å². The summed E-state index contributed by atoms with van der Waals surface area (Å²) in [6, 6.07) is 0. The van der Waals surface area contributed by atoms with Gasteiger partial charge >= 0.3 is 0 Å². The highest BCUT2D eigenvalue weighted by molar-refractivity contribution is 7.80. The first kappa shape index (κ1) is 13.9. The summed E-state index contributed by atoms with van der Waals surface area (Å²) in [6.45, 7) is 10.2. The van der Waals surface area contributed by atoms with Crippen LogP contribution in [0.1, 0.15) is 40.0 Å². The molecular weight excluding hydrogens is 224 g/mol. The van der Waals surface area contributed by atoms with Crippen LogP contribution >= 0.6 is 12.2 Å². The molecule has 0 aromatic heterocycles. The Hall–Kier alpha value is -1.17. The molecular formula is C16H20S. The molecule has 0 fully saturated rings. The van der Waals surface area contributed by atoms with Crippen molar-refractivity contribution in [1.82, 2.24) is 0 Å². The van der Waals surface area contributed by atoms with Crippen LogP contribution in [0.5, 0.6) is 0 Å². The zero-order valence-electron chi connectivity index (χ0n) is 11.0. The third kappa shape index (κ3) is 3.96. The monoisotopic (exact) mass is 244 g/mol. The van der Waals surface area contributed by atoms with E-state index in [-0.39, 0.29) is 0 Å². The first-order chi connectivity index (χ1) is 8.06. The molecule has 0 radical (unpaired) electrons. The molecule has 90 valence electrons. The van der Waals surface area contributed by atoms with Crippen molar-refractivity contribution in [2.24, 2.45) is 0 Å². The molecule has 0 bridgehead atoms. The standard InChI is InChI=1S/C16H20S/c1-5-6-7-15-9-8-14(12(2)3)10-11-16(15)13(4)17/h8,10-11H,2,5-7H2,1,3-4H3. The van der Waals surface area contributed by atoms with E-state index >= 15 is 0 Å². The zero-order chi connectivity index (χ0) is 12.8. The van der Waals surface area contributed by atoms with Gasteiger partial charge in [0.15, 0.2) is 0 Å². The lowest BCUT2D eigenvalue weighted by Gasteiger charge is -2.06. The normalized spacial score (nSPS) is 14.6. The van der Waals surface area contributed by atoms with Crippen molar-refractivity contribution < 1.29 is 0 Å². The number of allylic oxidation sites excluding steroid dienone is 6. The Morgan fingerprint density at radius 2 is 2.06 bits per heavy atom. The summed E-state index contributed by atoms with van der Waals surface area (Å²) in [5.41, 5.74) is 7.96. The van der Waals surface area contributed by atoms with E-state index in [1.807, 2.05) is 19.9 Å². The summed E-state index contributed by atoms with van der Waals surface area (Å²) in [5, 5.41) is 0. The van der Waals surface area contributed by atoms with Crippen LogP contribution in [0, 0.1) is 0 Å². The molecule has 1 aliphatic rings. The molecule has 17 heavy (non-hydrogen) atoms. The van der Waals surface area contributed by atoms with Gasteiger partial charge in [0.05, 0.1) is 0 Å². The second-order valence-corrected chi connectivity index (χ2v) is 5.02. The van der Waals surface area contributed by atoms with Gasteiger partial charge < -0.3 is 0 Å². The van der Waals surface area contributed by atoms with E-state index in [1.165, 1.54) is 18.4 Å². The minimum atomic E-state index is 0.941. The molecule has 1 aliphatic carbocycles. The predicted octanol–water partition coefficient (Wildman–Crippen LogP) is 5.09. The van der Waals surface area contributed by atoms with Crippen molar-refractivity contribution in [2.45, 2.75) is 40.0 Å². The highest BCUT2D eigenvalue weighted by atomic mass is 32.1. The number of thiocarbonyl (C=S) groups is 1. The van der Waals surface area contributed by atoms with E-state index in [9.17, 15) is 0 Å². The predicted molar refractivity (Wildman–Crippen MR) is 80.4 cm³/mol. The molecule has 0 amide bonds. The summed E-state index contributed by atoms with van der Waals surface area (Å²) in [6.07, 6.45) is 9.63. The quantitative estimate of drug-likeness (QED) is 0.479. The van der Waals surface area contributed by atoms with E-state index < -0.39 is 0 Å². The first-order valence-electron chi connectivity index (χ1n) is 6.11. The minimum absolute atomic E-state index is 0.941. The summed E-state index contributed by atoms with van der Waals surface area (Å²) in [4.78, 5) is 0.941. The van der Waals surface area contributed by atoms with Gasteiger partial charge in [0, 0.05) is 10.4 Å². The SMILES string of the molecule is C=C(C)C1=CC=C(C(C)=S)C(CCCC)=C=C1. The second-order valence-electron chi connectivity index (χ2n) is 4.41. The van der Waals surface area contributed by atoms with Crippen molar-refractivity contribution in [3.63, 3.8) is 0 Å². The van der Waals surface area contributed by atoms with Gasteiger partial charge in [-0.3, -0.25) is 0 Å². The zero-order valence-corrected chi connectivity index (χ0v) is 11.8. The fraction of sp³-hybridized carbons (Fsp3) is 0.375. The fourth-order valence-corrected chi connectivity index (χ4v) is 1.91. The van der Waals surface area contributed by atoms with Crippen molar-refractivity contribution in [3.8, 4) is 0 Å². The van der Waals surface area contributed by atoms with Crippen molar-refractivity contribution in [3.05, 3.63) is 52.8 Å². The molecule has 1 heteroatoms. The van der Waals surface area contributed by atoms with Gasteiger partial charge in [0.2, 0.25) is 0 Å². The first-order valence-corrected chi connectivity index (χ1v) is 6.51. The van der Waals surface area contributed by atoms with Crippen LogP contribution in [0.15, 0.2) is 52.8 Å². The lowest BCUT2D eigenvalue weighted by molar-refractivity contribution is 0.796. The van der Waals surface area contributed by atoms with Crippen molar-refractivity contribution >= 4 is 17.1 Å². The van der Waals surface area contributed by atoms with Gasteiger partial charge in [-0.2, -0.15) is 0 Å². The summed E-state index contributed by atoms with van der Waals surface area (Å²) in [7, 11) is 0. The van der Waals surface area contributed by atoms with Crippen LogP contribution in [-0.2, 0) is 0 Å². The Bertz CT molecular complexity index is 452. The smallest absolute Gasteiger partial charge is 0.0202 e. The van der Waals surface area contributed by atoms with Gasteiger partial charge in [-0.15, -0.1) is 5.73 Å². The Morgan fingerprint density at radius 1 is 1.35 bits per heavy atom. The highest BCUT2D eigenvalue weighted by Crippen LogP contribution is 2.22. The molecule has 0 nitrogen and oxygen atoms in total. The Balaban J connectivity index is 3.12. The molecule has 0 aromatic carbocycles. The Morgan fingerprint density at radius 3 is 2.59 bits per heavy atom. The summed E-state index contributed by atoms with van der Waals surface area (Å²) >= 11 is 5.31. The third-order valence-electron chi connectivity index (χ3n) is 2.81. The van der Waals surface area contributed by atoms with Crippen LogP contribution in [0.4, 0.5) is 0 Å². The Kier molecular flexibility index (Phi) is 5.34. The van der Waals surface area contributed by atoms with Gasteiger partial charge in [-0.05, 0) is 43.9 Å². The average Bonchev–Trinajstić information content (AvgIpc) is 2.48. The van der Waals surface area contributed by atoms with E-state index in [0.717, 1.165) is 28.0 Å². The largest absolute Gasteiger partial charge is 0.116 e. The van der Waals surface area contributed by atoms with Crippen LogP contribution < -0.4 is 0 Å². The summed E-state index contributed by atoms with van der Waals surface area (Å²) in [5.74, 6) is 0. The van der Waals surface area contributed by atoms with Crippen molar-refractivity contribution in [1.29, 1.82) is 0 Å². The fourth-order valence-electron chi connectivity index (χ4n) is 1.72. The van der Waals surface area contributed by atoms with Gasteiger partial charge in [-0.1, -0.05) is 49.9 Å². The molecule has 0 saturated carbocycles. The molecule has 0 aliphatic heterocycles. The molecule has 0 N–H and O–H groups in total. The van der Waals surface area contributed by atoms with Crippen LogP contribution in [0.2, 0.25) is 0 Å². The van der Waals surface area contributed by atoms with Crippen LogP contribution in [0.3, 0.4) is 0 Å². The lowest BCUT2D eigenvalue weighted by Crippen LogP contribution is -1.97. The lowest BCUT2D eigenvalue weighted by atomic mass is 9.99. The highest BCUT2D eigenvalue weighted by Gasteiger charge is 2.08. The maximum atomic E-state index is 5.31. The van der Waals surface area contributed by atoms with Crippen molar-refractivity contribution in [2.75, 3.05) is 0 Å². The van der Waals surface area contributed by atoms with Gasteiger partial charge in [0.1, 0.15) is 0 Å². The van der Waals surface area contributed by atoms with E-state index in [4.69, 9.17) is 12.2 Å². The molecule has 0 saturated heterocycles. The number of hydrogen-bond acceptors (Lipinski definition) is 1. The maximum absolute atomic E-state index is 5.31. The number of rotatable bonds is 5. The number of hydrogen-bond donors (Lipinski definition) is 0. The van der Waals surface area contributed by atoms with Crippen LogP contribution in [-0.4, -0.2) is 4.86 Å². The van der Waals surface area contributed by atoms with Crippen LogP contribution in [0.25, 0.3) is 0 Å². The Labute approximate surface area is 110 Å². The minimum Gasteiger partial charge on any atom is -0.116 e. The number of unbranched alkanes of at least 4 members (excludes halogenated alkanes) is 1. The topological polar surface area (TPSA) is 0 Å². The maximum Gasteiger partial charge on any atom is 0.0202 e. The molecule has 0 aromatic rings.